The molecule has 2 fully saturated rings. The smallest absolute Gasteiger partial charge is 0.224 e. The number of carbonyl (C=O) groups is 1. The van der Waals surface area contributed by atoms with Crippen LogP contribution in [-0.2, 0) is 4.79 Å². The van der Waals surface area contributed by atoms with Gasteiger partial charge in [-0.05, 0) is 58.5 Å². The van der Waals surface area contributed by atoms with Crippen LogP contribution in [0.3, 0.4) is 0 Å². The van der Waals surface area contributed by atoms with Crippen molar-refractivity contribution in [3.63, 3.8) is 0 Å². The molecule has 1 saturated heterocycles. The number of piperidine rings is 1. The van der Waals surface area contributed by atoms with Crippen LogP contribution in [0.25, 0.3) is 0 Å². The van der Waals surface area contributed by atoms with Crippen LogP contribution in [0.1, 0.15) is 58.8 Å². The second-order valence-corrected chi connectivity index (χ2v) is 6.49. The Balaban J connectivity index is 2.07. The molecule has 1 saturated carbocycles. The average molecular weight is 252 g/mol. The molecule has 18 heavy (non-hydrogen) atoms. The van der Waals surface area contributed by atoms with E-state index < -0.39 is 0 Å². The number of primary amides is 1. The van der Waals surface area contributed by atoms with Crippen molar-refractivity contribution >= 4 is 5.91 Å². The van der Waals surface area contributed by atoms with Crippen LogP contribution in [-0.4, -0.2) is 29.9 Å². The SMILES string of the molecule is CC(C)N1CCC(C(N)=O)(C2CCCCC2)CC1. The van der Waals surface area contributed by atoms with Gasteiger partial charge in [0.2, 0.25) is 5.91 Å². The Morgan fingerprint density at radius 2 is 1.72 bits per heavy atom. The molecule has 0 aromatic carbocycles. The normalized spacial score (nSPS) is 26.4. The lowest BCUT2D eigenvalue weighted by molar-refractivity contribution is -0.136. The molecular formula is C15H28N2O. The molecule has 3 heteroatoms. The lowest BCUT2D eigenvalue weighted by Crippen LogP contribution is -2.52. The van der Waals surface area contributed by atoms with E-state index >= 15 is 0 Å². The Hall–Kier alpha value is -0.570. The molecular weight excluding hydrogens is 224 g/mol. The lowest BCUT2D eigenvalue weighted by atomic mass is 9.63. The predicted octanol–water partition coefficient (Wildman–Crippen LogP) is 2.54. The van der Waals surface area contributed by atoms with Crippen molar-refractivity contribution in [2.75, 3.05) is 13.1 Å². The summed E-state index contributed by atoms with van der Waals surface area (Å²) >= 11 is 0. The lowest BCUT2D eigenvalue weighted by Gasteiger charge is -2.46. The van der Waals surface area contributed by atoms with Gasteiger partial charge in [-0.1, -0.05) is 19.3 Å². The van der Waals surface area contributed by atoms with Gasteiger partial charge in [0.1, 0.15) is 0 Å². The Kier molecular flexibility index (Phi) is 4.31. The van der Waals surface area contributed by atoms with Crippen LogP contribution in [0.15, 0.2) is 0 Å². The highest BCUT2D eigenvalue weighted by molar-refractivity contribution is 5.81. The summed E-state index contributed by atoms with van der Waals surface area (Å²) in [5.41, 5.74) is 5.61. The van der Waals surface area contributed by atoms with Crippen LogP contribution < -0.4 is 5.73 Å². The Morgan fingerprint density at radius 3 is 2.17 bits per heavy atom. The third kappa shape index (κ3) is 2.56. The molecule has 2 rings (SSSR count). The average Bonchev–Trinajstić information content (AvgIpc) is 2.39. The largest absolute Gasteiger partial charge is 0.369 e. The topological polar surface area (TPSA) is 46.3 Å². The van der Waals surface area contributed by atoms with E-state index in [1.54, 1.807) is 0 Å². The molecule has 0 unspecified atom stereocenters. The van der Waals surface area contributed by atoms with E-state index in [1.165, 1.54) is 32.1 Å². The monoisotopic (exact) mass is 252 g/mol. The first-order valence-electron chi connectivity index (χ1n) is 7.60. The van der Waals surface area contributed by atoms with Gasteiger partial charge >= 0.3 is 0 Å². The van der Waals surface area contributed by atoms with E-state index in [1.807, 2.05) is 0 Å². The molecule has 2 N–H and O–H groups in total. The summed E-state index contributed by atoms with van der Waals surface area (Å²) in [4.78, 5) is 14.5. The van der Waals surface area contributed by atoms with E-state index in [0.29, 0.717) is 12.0 Å². The number of rotatable bonds is 3. The van der Waals surface area contributed by atoms with Gasteiger partial charge in [0.05, 0.1) is 5.41 Å². The van der Waals surface area contributed by atoms with E-state index in [9.17, 15) is 4.79 Å². The van der Waals surface area contributed by atoms with E-state index in [2.05, 4.69) is 18.7 Å². The maximum absolute atomic E-state index is 12.1. The molecule has 1 aliphatic carbocycles. The highest BCUT2D eigenvalue weighted by atomic mass is 16.1. The summed E-state index contributed by atoms with van der Waals surface area (Å²) in [5.74, 6) is 0.524. The number of hydrogen-bond donors (Lipinski definition) is 1. The number of amides is 1. The standard InChI is InChI=1S/C15H28N2O/c1-12(2)17-10-8-15(9-11-17,14(16)18)13-6-4-3-5-7-13/h12-13H,3-11H2,1-2H3,(H2,16,18). The predicted molar refractivity (Wildman–Crippen MR) is 74.1 cm³/mol. The fraction of sp³-hybridized carbons (Fsp3) is 0.933. The Morgan fingerprint density at radius 1 is 1.17 bits per heavy atom. The van der Waals surface area contributed by atoms with Crippen molar-refractivity contribution in [3.05, 3.63) is 0 Å². The van der Waals surface area contributed by atoms with Gasteiger partial charge in [0.15, 0.2) is 0 Å². The summed E-state index contributed by atoms with van der Waals surface area (Å²) in [5, 5.41) is 0. The van der Waals surface area contributed by atoms with Crippen LogP contribution in [0.5, 0.6) is 0 Å². The number of likely N-dealkylation sites (tertiary alicyclic amines) is 1. The molecule has 0 radical (unpaired) electrons. The molecule has 104 valence electrons. The van der Waals surface area contributed by atoms with Crippen molar-refractivity contribution in [2.24, 2.45) is 17.1 Å². The number of hydrogen-bond acceptors (Lipinski definition) is 2. The van der Waals surface area contributed by atoms with Gasteiger partial charge in [-0.2, -0.15) is 0 Å². The van der Waals surface area contributed by atoms with Gasteiger partial charge in [-0.3, -0.25) is 4.79 Å². The van der Waals surface area contributed by atoms with Crippen LogP contribution in [0, 0.1) is 11.3 Å². The minimum atomic E-state index is -0.189. The molecule has 0 atom stereocenters. The second kappa shape index (κ2) is 5.60. The zero-order valence-electron chi connectivity index (χ0n) is 12.0. The first-order valence-corrected chi connectivity index (χ1v) is 7.60. The first kappa shape index (κ1) is 13.9. The molecule has 0 aromatic rings. The minimum absolute atomic E-state index is 0.0298. The van der Waals surface area contributed by atoms with Crippen molar-refractivity contribution < 1.29 is 4.79 Å². The molecule has 2 aliphatic rings. The highest BCUT2D eigenvalue weighted by Crippen LogP contribution is 2.45. The van der Waals surface area contributed by atoms with E-state index in [0.717, 1.165) is 25.9 Å². The summed E-state index contributed by atoms with van der Waals surface area (Å²) in [6.45, 7) is 6.55. The first-order chi connectivity index (χ1) is 8.56. The van der Waals surface area contributed by atoms with Crippen LogP contribution in [0.4, 0.5) is 0 Å². The van der Waals surface area contributed by atoms with Gasteiger partial charge in [-0.15, -0.1) is 0 Å². The van der Waals surface area contributed by atoms with Gasteiger partial charge < -0.3 is 10.6 Å². The maximum atomic E-state index is 12.1. The Labute approximate surface area is 111 Å². The maximum Gasteiger partial charge on any atom is 0.224 e. The number of nitrogens with two attached hydrogens (primary N) is 1. The van der Waals surface area contributed by atoms with Gasteiger partial charge in [-0.25, -0.2) is 0 Å². The van der Waals surface area contributed by atoms with Crippen molar-refractivity contribution in [1.29, 1.82) is 0 Å². The summed E-state index contributed by atoms with van der Waals surface area (Å²) in [6, 6.07) is 0.585. The molecule has 0 aromatic heterocycles. The number of nitrogens with zero attached hydrogens (tertiary/aromatic N) is 1. The zero-order chi connectivity index (χ0) is 13.2. The fourth-order valence-corrected chi connectivity index (χ4v) is 3.95. The van der Waals surface area contributed by atoms with Crippen molar-refractivity contribution in [2.45, 2.75) is 64.8 Å². The van der Waals surface area contributed by atoms with Crippen molar-refractivity contribution in [1.82, 2.24) is 4.90 Å². The van der Waals surface area contributed by atoms with Gasteiger partial charge in [0, 0.05) is 6.04 Å². The molecule has 1 aliphatic heterocycles. The molecule has 1 amide bonds. The molecule has 3 nitrogen and oxygen atoms in total. The molecule has 0 spiro atoms. The van der Waals surface area contributed by atoms with Gasteiger partial charge in [0.25, 0.3) is 0 Å². The minimum Gasteiger partial charge on any atom is -0.369 e. The second-order valence-electron chi connectivity index (χ2n) is 6.49. The summed E-state index contributed by atoms with van der Waals surface area (Å²) in [6.07, 6.45) is 8.29. The third-order valence-electron chi connectivity index (χ3n) is 5.30. The summed E-state index contributed by atoms with van der Waals surface area (Å²) < 4.78 is 0. The zero-order valence-corrected chi connectivity index (χ0v) is 12.0. The third-order valence-corrected chi connectivity index (χ3v) is 5.30. The quantitative estimate of drug-likeness (QED) is 0.839. The molecule has 1 heterocycles. The Bertz CT molecular complexity index is 287. The van der Waals surface area contributed by atoms with E-state index in [4.69, 9.17) is 5.73 Å². The highest BCUT2D eigenvalue weighted by Gasteiger charge is 2.46. The van der Waals surface area contributed by atoms with Crippen LogP contribution >= 0.6 is 0 Å². The van der Waals surface area contributed by atoms with E-state index in [-0.39, 0.29) is 11.3 Å². The molecule has 0 bridgehead atoms. The van der Waals surface area contributed by atoms with Crippen LogP contribution in [0.2, 0.25) is 0 Å². The summed E-state index contributed by atoms with van der Waals surface area (Å²) in [7, 11) is 0. The number of carbonyl (C=O) groups excluding carboxylic acids is 1. The van der Waals surface area contributed by atoms with Crippen molar-refractivity contribution in [3.8, 4) is 0 Å². The fourth-order valence-electron chi connectivity index (χ4n) is 3.95.